The summed E-state index contributed by atoms with van der Waals surface area (Å²) in [6, 6.07) is 10.7. The van der Waals surface area contributed by atoms with E-state index in [-0.39, 0.29) is 67.3 Å². The standard InChI is InChI=1S/C47H52F4N8O8S2/c1-27-39(69-26-55-27)29-12-10-28(11-13-29)23-54-41(61)32-9-8-16-57(32)42(62)40(45(2,3)4)56-35(60)25-66-18-17-65-19-20-67-36-21-34(64-7)33(24-53-36)59-44(68)58(43(63)46(59,5)6)31-15-14-30(22-52)37(38(31)48)47(49,50)51/h10-15,21,24,26,32,40H,8-9,16-20,23,25H2,1-7H3,(H,54,61)(H,56,60)/t32-,40+/m0/s1. The summed E-state index contributed by atoms with van der Waals surface area (Å²) in [6.07, 6.45) is -2.81. The number of pyridine rings is 1. The number of aromatic nitrogens is 2. The molecule has 2 saturated heterocycles. The lowest BCUT2D eigenvalue weighted by molar-refractivity contribution is -0.144. The highest BCUT2D eigenvalue weighted by atomic mass is 32.1. The van der Waals surface area contributed by atoms with Gasteiger partial charge < -0.3 is 34.5 Å². The number of amides is 4. The Hall–Kier alpha value is -6.28. The molecule has 16 nitrogen and oxygen atoms in total. The normalized spacial score (nSPS) is 16.4. The quantitative estimate of drug-likeness (QED) is 0.0608. The zero-order chi connectivity index (χ0) is 50.4. The first kappa shape index (κ1) is 52.1. The Morgan fingerprint density at radius 2 is 1.72 bits per heavy atom. The van der Waals surface area contributed by atoms with Crippen molar-refractivity contribution in [1.82, 2.24) is 25.5 Å². The molecule has 2 aromatic carbocycles. The summed E-state index contributed by atoms with van der Waals surface area (Å²) in [5.74, 6) is -3.60. The van der Waals surface area contributed by atoms with Crippen molar-refractivity contribution in [2.24, 2.45) is 5.41 Å². The predicted octanol–water partition coefficient (Wildman–Crippen LogP) is 6.72. The fourth-order valence-corrected chi connectivity index (χ4v) is 9.23. The van der Waals surface area contributed by atoms with Crippen LogP contribution >= 0.6 is 23.6 Å². The van der Waals surface area contributed by atoms with Gasteiger partial charge in [0.25, 0.3) is 5.91 Å². The van der Waals surface area contributed by atoms with Gasteiger partial charge in [0.1, 0.15) is 47.8 Å². The van der Waals surface area contributed by atoms with E-state index in [1.165, 1.54) is 44.2 Å². The van der Waals surface area contributed by atoms with Gasteiger partial charge in [-0.2, -0.15) is 18.4 Å². The van der Waals surface area contributed by atoms with Crippen LogP contribution in [0.25, 0.3) is 10.4 Å². The van der Waals surface area contributed by atoms with Crippen molar-refractivity contribution in [1.29, 1.82) is 5.26 Å². The Kier molecular flexibility index (Phi) is 16.3. The van der Waals surface area contributed by atoms with Crippen LogP contribution in [0.1, 0.15) is 69.8 Å². The number of hydrogen-bond donors (Lipinski definition) is 2. The van der Waals surface area contributed by atoms with Crippen LogP contribution in [0.4, 0.5) is 28.9 Å². The third-order valence-electron chi connectivity index (χ3n) is 11.5. The maximum absolute atomic E-state index is 15.5. The molecule has 4 aromatic rings. The SMILES string of the molecule is COc1cc(OCCOCCOCC(=O)N[C@H](C(=O)N2CCC[C@H]2C(=O)NCc2ccc(-c3scnc3C)cc2)C(C)(C)C)ncc1N1C(=S)N(c2ccc(C#N)c(C(F)(F)F)c2F)C(=O)C1(C)C. The van der Waals surface area contributed by atoms with E-state index in [9.17, 15) is 37.6 Å². The van der Waals surface area contributed by atoms with Crippen molar-refractivity contribution in [3.63, 3.8) is 0 Å². The summed E-state index contributed by atoms with van der Waals surface area (Å²) in [7, 11) is 1.33. The molecule has 0 spiro atoms. The fourth-order valence-electron chi connectivity index (χ4n) is 7.91. The van der Waals surface area contributed by atoms with Crippen molar-refractivity contribution in [2.75, 3.05) is 56.5 Å². The van der Waals surface area contributed by atoms with Gasteiger partial charge in [-0.15, -0.1) is 11.3 Å². The van der Waals surface area contributed by atoms with E-state index in [0.29, 0.717) is 30.8 Å². The third kappa shape index (κ3) is 11.6. The van der Waals surface area contributed by atoms with Gasteiger partial charge in [0.15, 0.2) is 10.9 Å². The number of nitrogens with one attached hydrogen (secondary N) is 2. The number of benzene rings is 2. The molecule has 22 heteroatoms. The maximum atomic E-state index is 15.5. The Morgan fingerprint density at radius 3 is 2.36 bits per heavy atom. The number of nitrogens with zero attached hydrogens (tertiary/aromatic N) is 6. The first-order valence-electron chi connectivity index (χ1n) is 21.8. The van der Waals surface area contributed by atoms with E-state index in [2.05, 4.69) is 20.6 Å². The van der Waals surface area contributed by atoms with Crippen molar-refractivity contribution >= 4 is 63.7 Å². The van der Waals surface area contributed by atoms with Gasteiger partial charge >= 0.3 is 6.18 Å². The van der Waals surface area contributed by atoms with Crippen LogP contribution in [0, 0.1) is 29.5 Å². The second-order valence-electron chi connectivity index (χ2n) is 17.7. The molecule has 4 heterocycles. The topological polar surface area (TPSA) is 189 Å². The summed E-state index contributed by atoms with van der Waals surface area (Å²) in [4.78, 5) is 67.1. The molecule has 368 valence electrons. The summed E-state index contributed by atoms with van der Waals surface area (Å²) < 4.78 is 79.2. The highest BCUT2D eigenvalue weighted by Gasteiger charge is 2.53. The molecule has 2 N–H and O–H groups in total. The van der Waals surface area contributed by atoms with E-state index in [1.807, 2.05) is 52.0 Å². The molecule has 0 aliphatic carbocycles. The van der Waals surface area contributed by atoms with E-state index >= 15 is 4.39 Å². The number of methoxy groups -OCH3 is 1. The molecule has 2 aliphatic rings. The smallest absolute Gasteiger partial charge is 0.420 e. The molecule has 69 heavy (non-hydrogen) atoms. The van der Waals surface area contributed by atoms with Crippen LogP contribution < -0.4 is 29.9 Å². The number of nitriles is 1. The van der Waals surface area contributed by atoms with Gasteiger partial charge in [0.05, 0.1) is 66.5 Å². The van der Waals surface area contributed by atoms with Gasteiger partial charge in [0.2, 0.25) is 23.6 Å². The second kappa shape index (κ2) is 21.6. The van der Waals surface area contributed by atoms with E-state index in [4.69, 9.17) is 31.2 Å². The molecule has 0 bridgehead atoms. The van der Waals surface area contributed by atoms with Crippen molar-refractivity contribution in [2.45, 2.75) is 84.7 Å². The van der Waals surface area contributed by atoms with Crippen molar-refractivity contribution < 1.29 is 55.7 Å². The molecule has 4 amide bonds. The molecule has 2 aromatic heterocycles. The minimum absolute atomic E-state index is 0.0151. The van der Waals surface area contributed by atoms with Gasteiger partial charge in [-0.1, -0.05) is 45.0 Å². The molecule has 2 fully saturated rings. The Bertz CT molecular complexity index is 2620. The third-order valence-corrected chi connectivity index (χ3v) is 12.8. The van der Waals surface area contributed by atoms with E-state index in [0.717, 1.165) is 33.8 Å². The number of alkyl halides is 3. The van der Waals surface area contributed by atoms with Crippen molar-refractivity contribution in [3.05, 3.63) is 82.4 Å². The molecule has 2 atom stereocenters. The van der Waals surface area contributed by atoms with Gasteiger partial charge in [-0.3, -0.25) is 29.0 Å². The lowest BCUT2D eigenvalue weighted by Gasteiger charge is -2.35. The number of carbonyl (C=O) groups is 4. The van der Waals surface area contributed by atoms with Gasteiger partial charge in [-0.05, 0) is 74.5 Å². The first-order valence-corrected chi connectivity index (χ1v) is 23.1. The summed E-state index contributed by atoms with van der Waals surface area (Å²) >= 11 is 7.09. The second-order valence-corrected chi connectivity index (χ2v) is 18.9. The Balaban J connectivity index is 0.947. The number of thiazole rings is 1. The van der Waals surface area contributed by atoms with E-state index < -0.39 is 63.7 Å². The number of ether oxygens (including phenoxy) is 4. The van der Waals surface area contributed by atoms with Crippen LogP contribution in [-0.2, 0) is 41.4 Å². The monoisotopic (exact) mass is 996 g/mol. The van der Waals surface area contributed by atoms with Crippen molar-refractivity contribution in [3.8, 4) is 28.1 Å². The number of carbonyl (C=O) groups excluding carboxylic acids is 4. The predicted molar refractivity (Wildman–Crippen MR) is 251 cm³/mol. The fraction of sp³-hybridized carbons (Fsp3) is 0.447. The lowest BCUT2D eigenvalue weighted by Crippen LogP contribution is -2.58. The molecule has 2 aliphatic heterocycles. The van der Waals surface area contributed by atoms with Crippen LogP contribution in [0.2, 0.25) is 0 Å². The van der Waals surface area contributed by atoms with Crippen LogP contribution in [0.3, 0.4) is 0 Å². The average molecular weight is 997 g/mol. The van der Waals surface area contributed by atoms with Gasteiger partial charge in [-0.25, -0.2) is 14.4 Å². The molecule has 0 radical (unpaired) electrons. The number of aryl methyl sites for hydroxylation is 1. The number of likely N-dealkylation sites (tertiary alicyclic amines) is 1. The summed E-state index contributed by atoms with van der Waals surface area (Å²) in [5, 5.41) is 14.6. The number of hydrogen-bond acceptors (Lipinski definition) is 13. The summed E-state index contributed by atoms with van der Waals surface area (Å²) in [5.41, 5.74) is -0.917. The zero-order valence-electron chi connectivity index (χ0n) is 39.0. The van der Waals surface area contributed by atoms with Crippen LogP contribution in [0.15, 0.2) is 54.2 Å². The Labute approximate surface area is 405 Å². The van der Waals surface area contributed by atoms with E-state index in [1.54, 1.807) is 21.7 Å². The molecular formula is C47H52F4N8O8S2. The van der Waals surface area contributed by atoms with Crippen LogP contribution in [0.5, 0.6) is 11.6 Å². The number of thiocarbonyl (C=S) groups is 1. The molecular weight excluding hydrogens is 945 g/mol. The van der Waals surface area contributed by atoms with Gasteiger partial charge in [0, 0.05) is 19.2 Å². The number of halogens is 4. The Morgan fingerprint density at radius 1 is 1.03 bits per heavy atom. The average Bonchev–Trinajstić information content (AvgIpc) is 4.01. The molecule has 0 saturated carbocycles. The minimum atomic E-state index is -5.23. The first-order chi connectivity index (χ1) is 32.6. The molecule has 0 unspecified atom stereocenters. The lowest BCUT2D eigenvalue weighted by atomic mass is 9.85. The van der Waals surface area contributed by atoms with Crippen LogP contribution in [-0.4, -0.2) is 108 Å². The maximum Gasteiger partial charge on any atom is 0.420 e. The molecule has 6 rings (SSSR count). The largest absolute Gasteiger partial charge is 0.494 e. The minimum Gasteiger partial charge on any atom is -0.494 e. The highest BCUT2D eigenvalue weighted by Crippen LogP contribution is 2.44. The summed E-state index contributed by atoms with van der Waals surface area (Å²) in [6.45, 7) is 10.9. The highest BCUT2D eigenvalue weighted by molar-refractivity contribution is 7.81. The number of rotatable bonds is 18. The number of anilines is 2. The zero-order valence-corrected chi connectivity index (χ0v) is 40.6.